The summed E-state index contributed by atoms with van der Waals surface area (Å²) in [5.74, 6) is 0.0671. The van der Waals surface area contributed by atoms with Gasteiger partial charge < -0.3 is 13.8 Å². The van der Waals surface area contributed by atoms with E-state index in [0.29, 0.717) is 29.7 Å². The first kappa shape index (κ1) is 34.7. The molecule has 1 fully saturated rings. The van der Waals surface area contributed by atoms with Gasteiger partial charge in [0.1, 0.15) is 33.5 Å². The van der Waals surface area contributed by atoms with Crippen molar-refractivity contribution >= 4 is 36.5 Å². The van der Waals surface area contributed by atoms with Gasteiger partial charge in [-0.15, -0.1) is 0 Å². The molecule has 4 rings (SSSR count). The fraction of sp³-hybridized carbons (Fsp3) is 0.643. The Morgan fingerprint density at radius 3 is 2.23 bits per heavy atom. The Balaban J connectivity index is 0.00000134. The van der Waals surface area contributed by atoms with Gasteiger partial charge >= 0.3 is 8.60 Å². The molecular formula is C28H42B2FN2O5PS. The molecular weight excluding hydrogens is 548 g/mol. The molecule has 3 atom stereocenters. The van der Waals surface area contributed by atoms with E-state index >= 15 is 4.39 Å². The van der Waals surface area contributed by atoms with E-state index in [4.69, 9.17) is 46.2 Å². The molecule has 0 spiro atoms. The zero-order valence-corrected chi connectivity index (χ0v) is 27.1. The summed E-state index contributed by atoms with van der Waals surface area (Å²) in [5, 5.41) is -1.74. The summed E-state index contributed by atoms with van der Waals surface area (Å²) in [6, 6.07) is 3.23. The van der Waals surface area contributed by atoms with Crippen molar-refractivity contribution in [2.75, 3.05) is 0 Å². The van der Waals surface area contributed by atoms with E-state index in [1.165, 1.54) is 6.07 Å². The largest absolute Gasteiger partial charge is 0.426 e. The van der Waals surface area contributed by atoms with Gasteiger partial charge in [-0.25, -0.2) is 4.39 Å². The van der Waals surface area contributed by atoms with Crippen molar-refractivity contribution in [2.24, 2.45) is 0 Å². The minimum atomic E-state index is -2.03. The molecule has 1 N–H and O–H groups in total. The second-order valence-corrected chi connectivity index (χ2v) is 12.8. The van der Waals surface area contributed by atoms with Crippen LogP contribution in [0, 0.1) is 10.6 Å². The molecule has 1 aromatic heterocycles. The third kappa shape index (κ3) is 7.86. The Morgan fingerprint density at radius 1 is 1.07 bits per heavy atom. The van der Waals surface area contributed by atoms with Crippen LogP contribution in [0.2, 0.25) is 0 Å². The summed E-state index contributed by atoms with van der Waals surface area (Å²) in [7, 11) is 10.6. The summed E-state index contributed by atoms with van der Waals surface area (Å²) < 4.78 is 41.1. The zero-order valence-electron chi connectivity index (χ0n) is 25.4. The molecule has 1 saturated heterocycles. The minimum absolute atomic E-state index is 0.0311. The number of ether oxygens (including phenoxy) is 1. The van der Waals surface area contributed by atoms with Crippen molar-refractivity contribution in [3.63, 3.8) is 0 Å². The third-order valence-corrected chi connectivity index (χ3v) is 7.75. The fourth-order valence-corrected chi connectivity index (χ4v) is 5.68. The van der Waals surface area contributed by atoms with Gasteiger partial charge in [-0.05, 0) is 47.5 Å². The molecule has 3 heterocycles. The first-order valence-corrected chi connectivity index (χ1v) is 15.3. The van der Waals surface area contributed by atoms with Gasteiger partial charge in [0.15, 0.2) is 4.77 Å². The van der Waals surface area contributed by atoms with Gasteiger partial charge in [0.05, 0.1) is 18.3 Å². The highest BCUT2D eigenvalue weighted by molar-refractivity contribution is 7.71. The molecule has 218 valence electrons. The number of rotatable bonds is 4. The van der Waals surface area contributed by atoms with Crippen molar-refractivity contribution < 1.29 is 22.7 Å². The first-order chi connectivity index (χ1) is 18.6. The van der Waals surface area contributed by atoms with Gasteiger partial charge in [-0.1, -0.05) is 69.2 Å². The molecule has 3 unspecified atom stereocenters. The SMILES string of the molecule is CC.CC.[B]C([B])(OP1OCc2c(F)c(C(C)(C)C)cc(C(C)(C)C)c2O1)C1CCC(n2ccc(=O)[nH]c2=S)O1. The summed E-state index contributed by atoms with van der Waals surface area (Å²) in [5.41, 5.74) is 0.801. The number of nitrogens with one attached hydrogen (secondary N) is 1. The minimum Gasteiger partial charge on any atom is -0.426 e. The lowest BCUT2D eigenvalue weighted by molar-refractivity contribution is -0.0462. The van der Waals surface area contributed by atoms with E-state index in [1.807, 2.05) is 75.3 Å². The molecule has 1 aromatic carbocycles. The van der Waals surface area contributed by atoms with Crippen molar-refractivity contribution in [2.45, 2.75) is 117 Å². The van der Waals surface area contributed by atoms with Crippen LogP contribution in [0.3, 0.4) is 0 Å². The smallest absolute Gasteiger partial charge is 0.396 e. The number of benzene rings is 1. The Morgan fingerprint density at radius 2 is 1.68 bits per heavy atom. The molecule has 4 radical (unpaired) electrons. The van der Waals surface area contributed by atoms with Crippen molar-refractivity contribution in [3.8, 4) is 5.75 Å². The topological polar surface area (TPSA) is 74.7 Å². The second kappa shape index (κ2) is 13.6. The highest BCUT2D eigenvalue weighted by atomic mass is 32.1. The van der Waals surface area contributed by atoms with E-state index in [2.05, 4.69) is 4.98 Å². The standard InChI is InChI=1S/C24H30B2FN2O5PS.2C2H6/c1-22(2,3)14-11-15(23(4,5)6)20-13(19(14)27)12-31-35(33-20)34-24(25,26)16-7-8-18(32-16)29-10-9-17(30)28-21(29)36;2*1-2/h9-11,16,18H,7-8,12H2,1-6H3,(H,28,30,36);2*1-2H3. The maximum atomic E-state index is 15.5. The number of aromatic nitrogens is 2. The maximum Gasteiger partial charge on any atom is 0.396 e. The van der Waals surface area contributed by atoms with Gasteiger partial charge in [-0.2, -0.15) is 0 Å². The van der Waals surface area contributed by atoms with Crippen LogP contribution < -0.4 is 10.1 Å². The van der Waals surface area contributed by atoms with Crippen molar-refractivity contribution in [1.29, 1.82) is 0 Å². The van der Waals surface area contributed by atoms with Crippen molar-refractivity contribution in [1.82, 2.24) is 9.55 Å². The van der Waals surface area contributed by atoms with Gasteiger partial charge in [0, 0.05) is 23.2 Å². The summed E-state index contributed by atoms with van der Waals surface area (Å²) in [4.78, 5) is 14.0. The number of hydrogen-bond donors (Lipinski definition) is 1. The van der Waals surface area contributed by atoms with Gasteiger partial charge in [-0.3, -0.25) is 18.9 Å². The van der Waals surface area contributed by atoms with Crippen LogP contribution in [0.5, 0.6) is 5.75 Å². The molecule has 2 aliphatic heterocycles. The molecule has 0 bridgehead atoms. The Bertz CT molecular complexity index is 1270. The molecule has 2 aliphatic rings. The molecule has 0 amide bonds. The summed E-state index contributed by atoms with van der Waals surface area (Å²) in [6.07, 6.45) is 1.44. The summed E-state index contributed by atoms with van der Waals surface area (Å²) >= 11 is 5.23. The number of halogens is 1. The van der Waals surface area contributed by atoms with Crippen LogP contribution in [-0.2, 0) is 31.2 Å². The van der Waals surface area contributed by atoms with Crippen LogP contribution in [0.25, 0.3) is 0 Å². The highest BCUT2D eigenvalue weighted by Gasteiger charge is 2.43. The maximum absolute atomic E-state index is 15.5. The molecule has 2 aromatic rings. The average molecular weight is 590 g/mol. The van der Waals surface area contributed by atoms with E-state index < -0.39 is 31.7 Å². The van der Waals surface area contributed by atoms with Crippen LogP contribution in [0.15, 0.2) is 23.1 Å². The number of H-pyrrole nitrogens is 1. The lowest BCUT2D eigenvalue weighted by Gasteiger charge is -2.38. The van der Waals surface area contributed by atoms with Gasteiger partial charge in [0.2, 0.25) is 0 Å². The Labute approximate surface area is 247 Å². The van der Waals surface area contributed by atoms with Crippen molar-refractivity contribution in [3.05, 3.63) is 56.0 Å². The molecule has 0 aliphatic carbocycles. The number of hydrogen-bond acceptors (Lipinski definition) is 6. The normalized spacial score (nSPS) is 20.8. The quantitative estimate of drug-likeness (QED) is 0.231. The number of fused-ring (bicyclic) bond motifs is 1. The monoisotopic (exact) mass is 590 g/mol. The number of aromatic amines is 1. The Hall–Kier alpha value is -1.51. The third-order valence-electron chi connectivity index (χ3n) is 6.30. The zero-order chi connectivity index (χ0) is 30.6. The number of nitrogens with zero attached hydrogens (tertiary/aromatic N) is 1. The van der Waals surface area contributed by atoms with Crippen LogP contribution in [-0.4, -0.2) is 36.7 Å². The fourth-order valence-electron chi connectivity index (χ4n) is 4.30. The first-order valence-electron chi connectivity index (χ1n) is 13.8. The van der Waals surface area contributed by atoms with E-state index in [0.717, 1.165) is 5.56 Å². The lowest BCUT2D eigenvalue weighted by atomic mass is 9.61. The lowest BCUT2D eigenvalue weighted by Crippen LogP contribution is -2.45. The molecule has 40 heavy (non-hydrogen) atoms. The van der Waals surface area contributed by atoms with Crippen LogP contribution >= 0.6 is 20.8 Å². The molecule has 12 heteroatoms. The predicted molar refractivity (Wildman–Crippen MR) is 163 cm³/mol. The highest BCUT2D eigenvalue weighted by Crippen LogP contribution is 2.54. The van der Waals surface area contributed by atoms with E-state index in [-0.39, 0.29) is 28.2 Å². The van der Waals surface area contributed by atoms with Crippen LogP contribution in [0.1, 0.15) is 105 Å². The average Bonchev–Trinajstić information content (AvgIpc) is 3.36. The predicted octanol–water partition coefficient (Wildman–Crippen LogP) is 7.21. The van der Waals surface area contributed by atoms with E-state index in [1.54, 1.807) is 10.8 Å². The molecule has 0 saturated carbocycles. The Kier molecular flexibility index (Phi) is 11.8. The second-order valence-electron chi connectivity index (χ2n) is 11.3. The van der Waals surface area contributed by atoms with Gasteiger partial charge in [0.25, 0.3) is 5.56 Å². The van der Waals surface area contributed by atoms with Crippen LogP contribution in [0.4, 0.5) is 4.39 Å². The molecule has 7 nitrogen and oxygen atoms in total. The van der Waals surface area contributed by atoms with E-state index in [9.17, 15) is 4.79 Å². The summed E-state index contributed by atoms with van der Waals surface area (Å²) in [6.45, 7) is 20.0.